The van der Waals surface area contributed by atoms with Crippen molar-refractivity contribution in [2.45, 2.75) is 32.7 Å². The number of nitrogens with zero attached hydrogens (tertiary/aromatic N) is 3. The molecule has 3 heterocycles. The Balaban J connectivity index is 1.49. The summed E-state index contributed by atoms with van der Waals surface area (Å²) in [6.07, 6.45) is 0.588. The molecule has 2 aliphatic heterocycles. The highest BCUT2D eigenvalue weighted by Crippen LogP contribution is 2.19. The number of rotatable bonds is 4. The van der Waals surface area contributed by atoms with Crippen LogP contribution in [-0.4, -0.2) is 60.0 Å². The van der Waals surface area contributed by atoms with Crippen molar-refractivity contribution in [2.24, 2.45) is 0 Å². The maximum absolute atomic E-state index is 12.3. The number of aromatic nitrogens is 1. The van der Waals surface area contributed by atoms with Gasteiger partial charge in [-0.3, -0.25) is 19.9 Å². The first-order valence-corrected chi connectivity index (χ1v) is 8.52. The normalized spacial score (nSPS) is 20.5. The smallest absolute Gasteiger partial charge is 0.322 e. The highest BCUT2D eigenvalue weighted by molar-refractivity contribution is 6.04. The van der Waals surface area contributed by atoms with E-state index in [1.54, 1.807) is 0 Å². The summed E-state index contributed by atoms with van der Waals surface area (Å²) in [4.78, 5) is 43.4. The van der Waals surface area contributed by atoms with Crippen molar-refractivity contribution >= 4 is 23.5 Å². The fraction of sp³-hybridized carbons (Fsp3) is 0.529. The molecule has 0 unspecified atom stereocenters. The fourth-order valence-corrected chi connectivity index (χ4v) is 3.30. The van der Waals surface area contributed by atoms with E-state index < -0.39 is 12.1 Å². The first-order chi connectivity index (χ1) is 11.9. The highest BCUT2D eigenvalue weighted by Gasteiger charge is 2.30. The average molecular weight is 345 g/mol. The predicted octanol–water partition coefficient (Wildman–Crippen LogP) is 0.335. The van der Waals surface area contributed by atoms with Crippen LogP contribution in [0.1, 0.15) is 24.2 Å². The van der Waals surface area contributed by atoms with Crippen molar-refractivity contribution in [3.63, 3.8) is 0 Å². The van der Waals surface area contributed by atoms with E-state index in [0.29, 0.717) is 19.5 Å². The van der Waals surface area contributed by atoms with E-state index in [9.17, 15) is 14.4 Å². The lowest BCUT2D eigenvalue weighted by molar-refractivity contribution is -0.131. The molecule has 8 nitrogen and oxygen atoms in total. The van der Waals surface area contributed by atoms with Crippen LogP contribution in [0.5, 0.6) is 0 Å². The van der Waals surface area contributed by atoms with E-state index in [1.165, 1.54) is 0 Å². The second-order valence-corrected chi connectivity index (χ2v) is 6.53. The number of urea groups is 1. The van der Waals surface area contributed by atoms with E-state index in [4.69, 9.17) is 0 Å². The number of carbonyl (C=O) groups excluding carboxylic acids is 3. The van der Waals surface area contributed by atoms with Crippen molar-refractivity contribution in [3.05, 3.63) is 23.5 Å². The molecule has 134 valence electrons. The summed E-state index contributed by atoms with van der Waals surface area (Å²) < 4.78 is 0. The summed E-state index contributed by atoms with van der Waals surface area (Å²) in [7, 11) is 0. The summed E-state index contributed by atoms with van der Waals surface area (Å²) >= 11 is 0. The van der Waals surface area contributed by atoms with Gasteiger partial charge in [-0.2, -0.15) is 0 Å². The number of pyridine rings is 1. The van der Waals surface area contributed by atoms with Crippen LogP contribution < -0.4 is 15.5 Å². The zero-order chi connectivity index (χ0) is 18.0. The minimum atomic E-state index is -0.597. The molecule has 2 saturated heterocycles. The molecule has 25 heavy (non-hydrogen) atoms. The van der Waals surface area contributed by atoms with Gasteiger partial charge in [-0.1, -0.05) is 0 Å². The van der Waals surface area contributed by atoms with Gasteiger partial charge >= 0.3 is 6.03 Å². The molecule has 3 rings (SSSR count). The molecule has 1 aromatic heterocycles. The van der Waals surface area contributed by atoms with Crippen LogP contribution in [0.2, 0.25) is 0 Å². The Morgan fingerprint density at radius 1 is 1.16 bits per heavy atom. The molecule has 2 N–H and O–H groups in total. The zero-order valence-corrected chi connectivity index (χ0v) is 14.5. The molecular weight excluding hydrogens is 322 g/mol. The second-order valence-electron chi connectivity index (χ2n) is 6.53. The molecule has 0 saturated carbocycles. The van der Waals surface area contributed by atoms with Crippen molar-refractivity contribution in [3.8, 4) is 0 Å². The number of aryl methyl sites for hydroxylation is 2. The van der Waals surface area contributed by atoms with Gasteiger partial charge in [0.25, 0.3) is 5.91 Å². The van der Waals surface area contributed by atoms with Crippen molar-refractivity contribution in [1.29, 1.82) is 0 Å². The maximum atomic E-state index is 12.3. The summed E-state index contributed by atoms with van der Waals surface area (Å²) in [6.45, 7) is 6.82. The Morgan fingerprint density at radius 2 is 1.80 bits per heavy atom. The Kier molecular flexibility index (Phi) is 4.87. The standard InChI is InChI=1S/C17H23N5O3/c1-11-9-13(10-12(2)18-11)21-5-7-22(8-6-21)15(23)4-3-14-16(24)20-17(25)19-14/h9-10,14H,3-8H2,1-2H3,(H2,19,20,24,25)/t14-/m0/s1. The highest BCUT2D eigenvalue weighted by atomic mass is 16.2. The fourth-order valence-electron chi connectivity index (χ4n) is 3.30. The lowest BCUT2D eigenvalue weighted by Crippen LogP contribution is -2.49. The molecule has 0 aromatic carbocycles. The molecule has 0 bridgehead atoms. The van der Waals surface area contributed by atoms with Crippen molar-refractivity contribution < 1.29 is 14.4 Å². The van der Waals surface area contributed by atoms with E-state index in [1.807, 2.05) is 18.7 Å². The Morgan fingerprint density at radius 3 is 2.36 bits per heavy atom. The number of hydrogen-bond donors (Lipinski definition) is 2. The van der Waals surface area contributed by atoms with Crippen LogP contribution in [0.25, 0.3) is 0 Å². The minimum absolute atomic E-state index is 0.0238. The van der Waals surface area contributed by atoms with Crippen molar-refractivity contribution in [1.82, 2.24) is 20.5 Å². The molecule has 2 aliphatic rings. The van der Waals surface area contributed by atoms with Crippen LogP contribution in [-0.2, 0) is 9.59 Å². The number of carbonyl (C=O) groups is 3. The largest absolute Gasteiger partial charge is 0.368 e. The van der Waals surface area contributed by atoms with Gasteiger partial charge in [0, 0.05) is 49.7 Å². The molecule has 4 amide bonds. The van der Waals surface area contributed by atoms with E-state index in [2.05, 4.69) is 32.7 Å². The monoisotopic (exact) mass is 345 g/mol. The summed E-state index contributed by atoms with van der Waals surface area (Å²) in [5.74, 6) is -0.332. The second kappa shape index (κ2) is 7.08. The SMILES string of the molecule is Cc1cc(N2CCN(C(=O)CC[C@@H]3NC(=O)NC3=O)CC2)cc(C)n1. The van der Waals surface area contributed by atoms with Crippen LogP contribution in [0.4, 0.5) is 10.5 Å². The van der Waals surface area contributed by atoms with E-state index >= 15 is 0 Å². The number of amides is 4. The van der Waals surface area contributed by atoms with Gasteiger partial charge in [0.1, 0.15) is 6.04 Å². The van der Waals surface area contributed by atoms with Gasteiger partial charge in [-0.15, -0.1) is 0 Å². The van der Waals surface area contributed by atoms with Gasteiger partial charge in [0.05, 0.1) is 0 Å². The molecule has 0 aliphatic carbocycles. The molecule has 2 fully saturated rings. The number of piperazine rings is 1. The lowest BCUT2D eigenvalue weighted by atomic mass is 10.1. The summed E-state index contributed by atoms with van der Waals surface area (Å²) in [6, 6.07) is 3.04. The molecule has 8 heteroatoms. The Labute approximate surface area is 146 Å². The molecule has 1 aromatic rings. The third-order valence-electron chi connectivity index (χ3n) is 4.57. The van der Waals surface area contributed by atoms with Gasteiger partial charge in [0.2, 0.25) is 5.91 Å². The summed E-state index contributed by atoms with van der Waals surface area (Å²) in [5.41, 5.74) is 3.12. The van der Waals surface area contributed by atoms with Gasteiger partial charge in [-0.05, 0) is 32.4 Å². The predicted molar refractivity (Wildman–Crippen MR) is 92.2 cm³/mol. The Bertz CT molecular complexity index is 677. The molecular formula is C17H23N5O3. The topological polar surface area (TPSA) is 94.6 Å². The lowest BCUT2D eigenvalue weighted by Gasteiger charge is -2.36. The molecule has 0 spiro atoms. The first-order valence-electron chi connectivity index (χ1n) is 8.52. The van der Waals surface area contributed by atoms with Crippen LogP contribution in [0.3, 0.4) is 0 Å². The zero-order valence-electron chi connectivity index (χ0n) is 14.5. The third-order valence-corrected chi connectivity index (χ3v) is 4.57. The molecule has 1 atom stereocenters. The summed E-state index contributed by atoms with van der Waals surface area (Å²) in [5, 5.41) is 4.69. The number of anilines is 1. The van der Waals surface area contributed by atoms with Gasteiger partial charge in [-0.25, -0.2) is 4.79 Å². The van der Waals surface area contributed by atoms with Gasteiger partial charge in [0.15, 0.2) is 0 Å². The third kappa shape index (κ3) is 4.07. The Hall–Kier alpha value is -2.64. The van der Waals surface area contributed by atoms with E-state index in [0.717, 1.165) is 30.2 Å². The number of nitrogens with one attached hydrogen (secondary N) is 2. The van der Waals surface area contributed by atoms with E-state index in [-0.39, 0.29) is 18.2 Å². The van der Waals surface area contributed by atoms with Gasteiger partial charge < -0.3 is 15.1 Å². The molecule has 0 radical (unpaired) electrons. The number of hydrogen-bond acceptors (Lipinski definition) is 5. The van der Waals surface area contributed by atoms with Crippen LogP contribution in [0.15, 0.2) is 12.1 Å². The first kappa shape index (κ1) is 17.2. The van der Waals surface area contributed by atoms with Crippen molar-refractivity contribution in [2.75, 3.05) is 31.1 Å². The number of imide groups is 1. The minimum Gasteiger partial charge on any atom is -0.368 e. The van der Waals surface area contributed by atoms with Crippen LogP contribution >= 0.6 is 0 Å². The maximum Gasteiger partial charge on any atom is 0.322 e. The average Bonchev–Trinajstić information content (AvgIpc) is 2.89. The quantitative estimate of drug-likeness (QED) is 0.767. The van der Waals surface area contributed by atoms with Crippen LogP contribution in [0, 0.1) is 13.8 Å².